The topological polar surface area (TPSA) is 55.4 Å². The molecule has 17 heavy (non-hydrogen) atoms. The summed E-state index contributed by atoms with van der Waals surface area (Å²) in [5.41, 5.74) is 0. The highest BCUT2D eigenvalue weighted by Crippen LogP contribution is 2.22. The first-order valence-corrected chi connectivity index (χ1v) is 8.38. The molecule has 2 unspecified atom stereocenters. The van der Waals surface area contributed by atoms with Crippen LogP contribution in [0.2, 0.25) is 0 Å². The monoisotopic (exact) mass is 261 g/mol. The molecule has 0 aromatic rings. The first-order valence-electron chi connectivity index (χ1n) is 6.66. The van der Waals surface area contributed by atoms with Crippen LogP contribution in [0.25, 0.3) is 0 Å². The van der Waals surface area contributed by atoms with Gasteiger partial charge < -0.3 is 10.1 Å². The minimum absolute atomic E-state index is 0.121. The normalized spacial score (nSPS) is 29.7. The van der Waals surface area contributed by atoms with Crippen LogP contribution in [0.3, 0.4) is 0 Å². The maximum absolute atomic E-state index is 12.1. The maximum Gasteiger partial charge on any atom is 0.155 e. The summed E-state index contributed by atoms with van der Waals surface area (Å²) >= 11 is 0. The lowest BCUT2D eigenvalue weighted by Crippen LogP contribution is -2.30. The van der Waals surface area contributed by atoms with Crippen molar-refractivity contribution in [3.63, 3.8) is 0 Å². The Bertz CT molecular complexity index is 338. The van der Waals surface area contributed by atoms with Gasteiger partial charge in [-0.25, -0.2) is 8.42 Å². The molecule has 1 aliphatic carbocycles. The summed E-state index contributed by atoms with van der Waals surface area (Å²) in [5, 5.41) is 3.14. The summed E-state index contributed by atoms with van der Waals surface area (Å²) in [4.78, 5) is 0. The van der Waals surface area contributed by atoms with E-state index in [9.17, 15) is 8.42 Å². The van der Waals surface area contributed by atoms with Gasteiger partial charge in [0.25, 0.3) is 0 Å². The molecule has 1 saturated carbocycles. The van der Waals surface area contributed by atoms with Crippen LogP contribution in [0.5, 0.6) is 0 Å². The Hall–Kier alpha value is -0.130. The van der Waals surface area contributed by atoms with Crippen molar-refractivity contribution >= 4 is 9.84 Å². The predicted octanol–water partition coefficient (Wildman–Crippen LogP) is 1.11. The number of sulfone groups is 1. The van der Waals surface area contributed by atoms with E-state index in [2.05, 4.69) is 5.32 Å². The van der Waals surface area contributed by atoms with Gasteiger partial charge in [-0.2, -0.15) is 0 Å². The fourth-order valence-corrected chi connectivity index (χ4v) is 4.38. The van der Waals surface area contributed by atoms with Crippen LogP contribution in [-0.2, 0) is 14.6 Å². The summed E-state index contributed by atoms with van der Waals surface area (Å²) in [6, 6.07) is 0.717. The van der Waals surface area contributed by atoms with Crippen molar-refractivity contribution in [2.45, 2.75) is 56.4 Å². The molecular weight excluding hydrogens is 238 g/mol. The minimum Gasteiger partial charge on any atom is -0.377 e. The Morgan fingerprint density at radius 1 is 1.24 bits per heavy atom. The second kappa shape index (κ2) is 5.67. The van der Waals surface area contributed by atoms with E-state index in [1.807, 2.05) is 6.92 Å². The zero-order chi connectivity index (χ0) is 12.3. The number of hydrogen-bond acceptors (Lipinski definition) is 4. The molecule has 1 N–H and O–H groups in total. The third-order valence-corrected chi connectivity index (χ3v) is 6.03. The molecule has 5 heteroatoms. The molecule has 0 amide bonds. The second-order valence-electron chi connectivity index (χ2n) is 5.21. The van der Waals surface area contributed by atoms with Crippen molar-refractivity contribution in [2.24, 2.45) is 0 Å². The second-order valence-corrected chi connectivity index (χ2v) is 7.54. The Morgan fingerprint density at radius 3 is 2.59 bits per heavy atom. The van der Waals surface area contributed by atoms with E-state index in [1.165, 1.54) is 12.8 Å². The lowest BCUT2D eigenvalue weighted by molar-refractivity contribution is 0.126. The standard InChI is InChI=1S/C12H23NO3S/c1-10-12(6-8-16-10)17(14,15)9-3-2-7-13-11-4-5-11/h10-13H,2-9H2,1H3. The van der Waals surface area contributed by atoms with Gasteiger partial charge >= 0.3 is 0 Å². The number of ether oxygens (including phenoxy) is 1. The number of hydrogen-bond donors (Lipinski definition) is 1. The highest BCUT2D eigenvalue weighted by Gasteiger charge is 2.35. The molecule has 2 aliphatic rings. The van der Waals surface area contributed by atoms with E-state index in [4.69, 9.17) is 4.74 Å². The molecule has 1 saturated heterocycles. The van der Waals surface area contributed by atoms with E-state index < -0.39 is 9.84 Å². The number of rotatable bonds is 7. The van der Waals surface area contributed by atoms with Crippen LogP contribution in [-0.4, -0.2) is 44.7 Å². The third-order valence-electron chi connectivity index (χ3n) is 3.63. The molecule has 1 aliphatic heterocycles. The van der Waals surface area contributed by atoms with Crippen molar-refractivity contribution < 1.29 is 13.2 Å². The van der Waals surface area contributed by atoms with Crippen molar-refractivity contribution in [3.05, 3.63) is 0 Å². The maximum atomic E-state index is 12.1. The van der Waals surface area contributed by atoms with E-state index in [0.717, 1.165) is 25.4 Å². The van der Waals surface area contributed by atoms with E-state index in [0.29, 0.717) is 18.8 Å². The van der Waals surface area contributed by atoms with Gasteiger partial charge in [-0.15, -0.1) is 0 Å². The summed E-state index contributed by atoms with van der Waals surface area (Å²) in [6.45, 7) is 3.41. The van der Waals surface area contributed by atoms with Gasteiger partial charge in [-0.05, 0) is 45.6 Å². The third kappa shape index (κ3) is 3.93. The number of unbranched alkanes of at least 4 members (excludes halogenated alkanes) is 1. The van der Waals surface area contributed by atoms with Crippen molar-refractivity contribution in [3.8, 4) is 0 Å². The lowest BCUT2D eigenvalue weighted by Gasteiger charge is -2.14. The zero-order valence-electron chi connectivity index (χ0n) is 10.5. The first kappa shape index (κ1) is 13.3. The van der Waals surface area contributed by atoms with Gasteiger partial charge in [0.2, 0.25) is 0 Å². The molecule has 2 atom stereocenters. The highest BCUT2D eigenvalue weighted by atomic mass is 32.2. The van der Waals surface area contributed by atoms with Crippen LogP contribution in [0, 0.1) is 0 Å². The van der Waals surface area contributed by atoms with E-state index >= 15 is 0 Å². The van der Waals surface area contributed by atoms with Crippen molar-refractivity contribution in [1.29, 1.82) is 0 Å². The Balaban J connectivity index is 1.65. The van der Waals surface area contributed by atoms with Crippen molar-refractivity contribution in [1.82, 2.24) is 5.32 Å². The van der Waals surface area contributed by atoms with Crippen LogP contribution in [0.4, 0.5) is 0 Å². The summed E-state index contributed by atoms with van der Waals surface area (Å²) < 4.78 is 29.4. The average Bonchev–Trinajstić information content (AvgIpc) is 2.98. The molecule has 2 rings (SSSR count). The summed E-state index contributed by atoms with van der Waals surface area (Å²) in [7, 11) is -2.95. The summed E-state index contributed by atoms with van der Waals surface area (Å²) in [5.74, 6) is 0.317. The van der Waals surface area contributed by atoms with Crippen LogP contribution < -0.4 is 5.32 Å². The van der Waals surface area contributed by atoms with Gasteiger partial charge in [0.05, 0.1) is 17.1 Å². The van der Waals surface area contributed by atoms with E-state index in [-0.39, 0.29) is 11.4 Å². The lowest BCUT2D eigenvalue weighted by atomic mass is 10.3. The SMILES string of the molecule is CC1OCCC1S(=O)(=O)CCCCNC1CC1. The summed E-state index contributed by atoms with van der Waals surface area (Å²) in [6.07, 6.45) is 4.85. The molecule has 0 spiro atoms. The zero-order valence-corrected chi connectivity index (χ0v) is 11.3. The van der Waals surface area contributed by atoms with Crippen LogP contribution in [0.15, 0.2) is 0 Å². The van der Waals surface area contributed by atoms with Gasteiger partial charge in [0.15, 0.2) is 9.84 Å². The Morgan fingerprint density at radius 2 is 2.00 bits per heavy atom. The Kier molecular flexibility index (Phi) is 4.44. The first-order chi connectivity index (χ1) is 8.09. The highest BCUT2D eigenvalue weighted by molar-refractivity contribution is 7.92. The molecule has 0 radical (unpaired) electrons. The van der Waals surface area contributed by atoms with Gasteiger partial charge in [0.1, 0.15) is 0 Å². The van der Waals surface area contributed by atoms with Gasteiger partial charge in [-0.1, -0.05) is 0 Å². The van der Waals surface area contributed by atoms with Crippen LogP contribution in [0.1, 0.15) is 39.0 Å². The molecule has 0 aromatic heterocycles. The molecule has 4 nitrogen and oxygen atoms in total. The van der Waals surface area contributed by atoms with Gasteiger partial charge in [0, 0.05) is 12.6 Å². The molecule has 100 valence electrons. The largest absolute Gasteiger partial charge is 0.377 e. The smallest absolute Gasteiger partial charge is 0.155 e. The Labute approximate surface area is 104 Å². The van der Waals surface area contributed by atoms with E-state index in [1.54, 1.807) is 0 Å². The number of nitrogens with one attached hydrogen (secondary N) is 1. The predicted molar refractivity (Wildman–Crippen MR) is 67.9 cm³/mol. The fraction of sp³-hybridized carbons (Fsp3) is 1.00. The molecule has 1 heterocycles. The molecule has 0 aromatic carbocycles. The minimum atomic E-state index is -2.95. The molecular formula is C12H23NO3S. The fourth-order valence-electron chi connectivity index (χ4n) is 2.36. The quantitative estimate of drug-likeness (QED) is 0.698. The average molecular weight is 261 g/mol. The van der Waals surface area contributed by atoms with Crippen LogP contribution >= 0.6 is 0 Å². The molecule has 0 bridgehead atoms. The molecule has 2 fully saturated rings. The van der Waals surface area contributed by atoms with Gasteiger partial charge in [-0.3, -0.25) is 0 Å². The van der Waals surface area contributed by atoms with Crippen molar-refractivity contribution in [2.75, 3.05) is 18.9 Å².